The molecule has 21 heavy (non-hydrogen) atoms. The Bertz CT molecular complexity index is 522. The number of benzene rings is 1. The average Bonchev–Trinajstić information content (AvgIpc) is 2.48. The van der Waals surface area contributed by atoms with Crippen LogP contribution in [-0.4, -0.2) is 24.9 Å². The molecule has 0 unspecified atom stereocenters. The number of primary amides is 1. The summed E-state index contributed by atoms with van der Waals surface area (Å²) in [5, 5.41) is 6.23. The Balaban J connectivity index is 1.85. The first kappa shape index (κ1) is 15.5. The van der Waals surface area contributed by atoms with Gasteiger partial charge in [-0.1, -0.05) is 0 Å². The smallest absolute Gasteiger partial charge is 0.248 e. The first-order chi connectivity index (χ1) is 10.1. The van der Waals surface area contributed by atoms with Gasteiger partial charge in [0.15, 0.2) is 0 Å². The summed E-state index contributed by atoms with van der Waals surface area (Å²) in [4.78, 5) is 23.1. The predicted octanol–water partition coefficient (Wildman–Crippen LogP) is 1.81. The van der Waals surface area contributed by atoms with E-state index < -0.39 is 5.91 Å². The van der Waals surface area contributed by atoms with Crippen LogP contribution in [0.3, 0.4) is 0 Å². The maximum absolute atomic E-state index is 12.0. The molecule has 2 rings (SSSR count). The van der Waals surface area contributed by atoms with Crippen LogP contribution < -0.4 is 16.4 Å². The van der Waals surface area contributed by atoms with Crippen LogP contribution in [0.25, 0.3) is 0 Å². The zero-order chi connectivity index (χ0) is 15.2. The van der Waals surface area contributed by atoms with E-state index in [9.17, 15) is 9.59 Å². The summed E-state index contributed by atoms with van der Waals surface area (Å²) in [6.07, 6.45) is 3.78. The number of hydrogen-bond acceptors (Lipinski definition) is 3. The quantitative estimate of drug-likeness (QED) is 0.773. The maximum atomic E-state index is 12.0. The van der Waals surface area contributed by atoms with Gasteiger partial charge in [0, 0.05) is 17.7 Å². The van der Waals surface area contributed by atoms with Crippen LogP contribution in [0.5, 0.6) is 0 Å². The summed E-state index contributed by atoms with van der Waals surface area (Å²) in [5.41, 5.74) is 7.29. The van der Waals surface area contributed by atoms with Crippen LogP contribution in [0.15, 0.2) is 18.2 Å². The van der Waals surface area contributed by atoms with Crippen molar-refractivity contribution in [3.8, 4) is 0 Å². The molecule has 1 aliphatic rings. The molecule has 2 amide bonds. The highest BCUT2D eigenvalue weighted by molar-refractivity contribution is 5.95. The maximum Gasteiger partial charge on any atom is 0.248 e. The van der Waals surface area contributed by atoms with Crippen molar-refractivity contribution in [1.82, 2.24) is 5.32 Å². The zero-order valence-electron chi connectivity index (χ0n) is 12.4. The monoisotopic (exact) mass is 289 g/mol. The van der Waals surface area contributed by atoms with E-state index >= 15 is 0 Å². The second-order valence-electron chi connectivity index (χ2n) is 5.67. The number of nitrogens with two attached hydrogens (primary N) is 1. The van der Waals surface area contributed by atoms with E-state index in [1.165, 1.54) is 0 Å². The Hall–Kier alpha value is -1.88. The van der Waals surface area contributed by atoms with Crippen molar-refractivity contribution in [2.75, 3.05) is 18.4 Å². The molecule has 114 valence electrons. The van der Waals surface area contributed by atoms with Gasteiger partial charge in [-0.3, -0.25) is 9.59 Å². The molecular weight excluding hydrogens is 266 g/mol. The number of rotatable bonds is 5. The van der Waals surface area contributed by atoms with Gasteiger partial charge < -0.3 is 16.4 Å². The second-order valence-corrected chi connectivity index (χ2v) is 5.67. The van der Waals surface area contributed by atoms with Gasteiger partial charge >= 0.3 is 0 Å². The Kier molecular flexibility index (Phi) is 5.33. The lowest BCUT2D eigenvalue weighted by Gasteiger charge is -2.22. The normalized spacial score (nSPS) is 15.7. The third-order valence-corrected chi connectivity index (χ3v) is 4.02. The van der Waals surface area contributed by atoms with Crippen molar-refractivity contribution in [3.63, 3.8) is 0 Å². The van der Waals surface area contributed by atoms with E-state index in [2.05, 4.69) is 10.6 Å². The molecule has 1 aromatic rings. The van der Waals surface area contributed by atoms with E-state index in [1.807, 2.05) is 6.92 Å². The number of hydrogen-bond donors (Lipinski definition) is 3. The van der Waals surface area contributed by atoms with Crippen LogP contribution in [-0.2, 0) is 4.79 Å². The summed E-state index contributed by atoms with van der Waals surface area (Å²) in [6.45, 7) is 3.97. The number of anilines is 1. The summed E-state index contributed by atoms with van der Waals surface area (Å²) >= 11 is 0. The first-order valence-electron chi connectivity index (χ1n) is 7.47. The van der Waals surface area contributed by atoms with E-state index in [4.69, 9.17) is 5.73 Å². The molecule has 0 bridgehead atoms. The highest BCUT2D eigenvalue weighted by Crippen LogP contribution is 2.20. The van der Waals surface area contributed by atoms with E-state index in [0.717, 1.165) is 43.6 Å². The van der Waals surface area contributed by atoms with Crippen molar-refractivity contribution in [2.45, 2.75) is 32.6 Å². The zero-order valence-corrected chi connectivity index (χ0v) is 12.4. The molecule has 1 aliphatic heterocycles. The summed E-state index contributed by atoms with van der Waals surface area (Å²) in [6, 6.07) is 5.07. The Morgan fingerprint density at radius 1 is 1.33 bits per heavy atom. The molecule has 0 saturated carbocycles. The van der Waals surface area contributed by atoms with Gasteiger partial charge in [-0.2, -0.15) is 0 Å². The van der Waals surface area contributed by atoms with Crippen LogP contribution in [0.4, 0.5) is 5.69 Å². The molecule has 0 aliphatic carbocycles. The van der Waals surface area contributed by atoms with Gasteiger partial charge in [-0.15, -0.1) is 0 Å². The summed E-state index contributed by atoms with van der Waals surface area (Å²) < 4.78 is 0. The standard InChI is InChI=1S/C16H23N3O2/c1-11-10-13(16(17)21)3-4-14(11)19-15(20)5-2-12-6-8-18-9-7-12/h3-4,10,12,18H,2,5-9H2,1H3,(H2,17,21)(H,19,20). The number of nitrogens with one attached hydrogen (secondary N) is 2. The van der Waals surface area contributed by atoms with Gasteiger partial charge in [0.25, 0.3) is 0 Å². The lowest BCUT2D eigenvalue weighted by Crippen LogP contribution is -2.28. The minimum atomic E-state index is -0.457. The number of amides is 2. The fraction of sp³-hybridized carbons (Fsp3) is 0.500. The van der Waals surface area contributed by atoms with E-state index in [1.54, 1.807) is 18.2 Å². The Morgan fingerprint density at radius 3 is 2.67 bits per heavy atom. The molecule has 0 radical (unpaired) electrons. The van der Waals surface area contributed by atoms with Gasteiger partial charge in [-0.25, -0.2) is 0 Å². The fourth-order valence-electron chi connectivity index (χ4n) is 2.68. The van der Waals surface area contributed by atoms with Crippen molar-refractivity contribution >= 4 is 17.5 Å². The highest BCUT2D eigenvalue weighted by Gasteiger charge is 2.15. The fourth-order valence-corrected chi connectivity index (χ4v) is 2.68. The van der Waals surface area contributed by atoms with Crippen molar-refractivity contribution in [3.05, 3.63) is 29.3 Å². The van der Waals surface area contributed by atoms with Crippen molar-refractivity contribution in [1.29, 1.82) is 0 Å². The molecular formula is C16H23N3O2. The first-order valence-corrected chi connectivity index (χ1v) is 7.47. The molecule has 0 atom stereocenters. The van der Waals surface area contributed by atoms with Crippen LogP contribution >= 0.6 is 0 Å². The molecule has 5 nitrogen and oxygen atoms in total. The Labute approximate surface area is 125 Å². The minimum absolute atomic E-state index is 0.0310. The Morgan fingerprint density at radius 2 is 2.05 bits per heavy atom. The molecule has 1 heterocycles. The molecule has 1 fully saturated rings. The number of carbonyl (C=O) groups is 2. The third-order valence-electron chi connectivity index (χ3n) is 4.02. The predicted molar refractivity (Wildman–Crippen MR) is 83.2 cm³/mol. The van der Waals surface area contributed by atoms with Crippen LogP contribution in [0.1, 0.15) is 41.6 Å². The van der Waals surface area contributed by atoms with E-state index in [0.29, 0.717) is 17.9 Å². The highest BCUT2D eigenvalue weighted by atomic mass is 16.2. The lowest BCUT2D eigenvalue weighted by molar-refractivity contribution is -0.116. The molecule has 0 spiro atoms. The summed E-state index contributed by atoms with van der Waals surface area (Å²) in [7, 11) is 0. The molecule has 4 N–H and O–H groups in total. The summed E-state index contributed by atoms with van der Waals surface area (Å²) in [5.74, 6) is 0.223. The van der Waals surface area contributed by atoms with Crippen molar-refractivity contribution in [2.24, 2.45) is 11.7 Å². The van der Waals surface area contributed by atoms with Crippen LogP contribution in [0, 0.1) is 12.8 Å². The largest absolute Gasteiger partial charge is 0.366 e. The van der Waals surface area contributed by atoms with Crippen molar-refractivity contribution < 1.29 is 9.59 Å². The third kappa shape index (κ3) is 4.56. The molecule has 1 aromatic carbocycles. The van der Waals surface area contributed by atoms with Gasteiger partial charge in [0.05, 0.1) is 0 Å². The second kappa shape index (κ2) is 7.22. The lowest BCUT2D eigenvalue weighted by atomic mass is 9.93. The molecule has 5 heteroatoms. The van der Waals surface area contributed by atoms with Gasteiger partial charge in [0.1, 0.15) is 0 Å². The SMILES string of the molecule is Cc1cc(C(N)=O)ccc1NC(=O)CCC1CCNCC1. The number of aryl methyl sites for hydroxylation is 1. The van der Waals surface area contributed by atoms with Crippen LogP contribution in [0.2, 0.25) is 0 Å². The number of piperidine rings is 1. The van der Waals surface area contributed by atoms with Gasteiger partial charge in [-0.05, 0) is 69.0 Å². The average molecular weight is 289 g/mol. The molecule has 1 saturated heterocycles. The topological polar surface area (TPSA) is 84.2 Å². The number of carbonyl (C=O) groups excluding carboxylic acids is 2. The minimum Gasteiger partial charge on any atom is -0.366 e. The van der Waals surface area contributed by atoms with E-state index in [-0.39, 0.29) is 5.91 Å². The van der Waals surface area contributed by atoms with Gasteiger partial charge in [0.2, 0.25) is 11.8 Å². The molecule has 0 aromatic heterocycles.